The van der Waals surface area contributed by atoms with Gasteiger partial charge in [0.05, 0.1) is 11.3 Å². The number of aryl methyl sites for hydroxylation is 2. The summed E-state index contributed by atoms with van der Waals surface area (Å²) in [4.78, 5) is 4.70. The second-order valence-corrected chi connectivity index (χ2v) is 9.56. The monoisotopic (exact) mass is 507 g/mol. The van der Waals surface area contributed by atoms with E-state index in [0.29, 0.717) is 21.9 Å². The summed E-state index contributed by atoms with van der Waals surface area (Å²) >= 11 is 0. The zero-order valence-electron chi connectivity index (χ0n) is 38.6. The van der Waals surface area contributed by atoms with Crippen LogP contribution in [0.5, 0.6) is 0 Å². The Hall–Kier alpha value is -3.46. The molecule has 5 aromatic rings. The van der Waals surface area contributed by atoms with Gasteiger partial charge in [-0.3, -0.25) is 0 Å². The molecule has 0 radical (unpaired) electrons. The summed E-state index contributed by atoms with van der Waals surface area (Å²) in [5.74, 6) is -9.67. The zero-order chi connectivity index (χ0) is 41.5. The van der Waals surface area contributed by atoms with E-state index < -0.39 is 63.1 Å². The van der Waals surface area contributed by atoms with E-state index >= 15 is 0 Å². The van der Waals surface area contributed by atoms with E-state index in [2.05, 4.69) is 0 Å². The Bertz CT molecular complexity index is 2330. The third kappa shape index (κ3) is 3.19. The minimum atomic E-state index is -3.70. The van der Waals surface area contributed by atoms with E-state index in [0.717, 1.165) is 6.92 Å². The first-order chi connectivity index (χ1) is 24.8. The molecule has 0 amide bonds. The molecule has 188 valence electrons. The number of pyridine rings is 2. The van der Waals surface area contributed by atoms with Gasteiger partial charge in [-0.1, -0.05) is 77.6 Å². The Balaban J connectivity index is 1.77. The molecule has 2 atom stereocenters. The molecule has 0 saturated heterocycles. The molecular formula is C34H37N2O+. The molecule has 2 unspecified atom stereocenters. The van der Waals surface area contributed by atoms with Gasteiger partial charge in [-0.05, 0) is 52.9 Å². The molecule has 1 aliphatic carbocycles. The van der Waals surface area contributed by atoms with Crippen LogP contribution < -0.4 is 4.57 Å². The molecule has 2 aromatic carbocycles. The number of hydrogen-bond donors (Lipinski definition) is 0. The van der Waals surface area contributed by atoms with Crippen molar-refractivity contribution in [2.24, 2.45) is 18.8 Å². The lowest BCUT2D eigenvalue weighted by Crippen LogP contribution is -2.38. The number of hydrogen-bond acceptors (Lipinski definition) is 2. The van der Waals surface area contributed by atoms with Gasteiger partial charge < -0.3 is 4.42 Å². The fraction of sp³-hybridized carbons (Fsp3) is 0.353. The van der Waals surface area contributed by atoms with Crippen LogP contribution in [0.25, 0.3) is 44.5 Å². The van der Waals surface area contributed by atoms with Gasteiger partial charge in [0.25, 0.3) is 0 Å². The largest absolute Gasteiger partial charge is 0.437 e. The maximum Gasteiger partial charge on any atom is 0.227 e. The number of rotatable bonds is 4. The summed E-state index contributed by atoms with van der Waals surface area (Å²) in [7, 11) is 1.62. The fourth-order valence-corrected chi connectivity index (χ4v) is 5.64. The lowest BCUT2D eigenvalue weighted by Gasteiger charge is -2.39. The molecule has 0 saturated carbocycles. The highest BCUT2D eigenvalue weighted by Gasteiger charge is 2.49. The second-order valence-electron chi connectivity index (χ2n) is 9.56. The Labute approximate surface area is 245 Å². The van der Waals surface area contributed by atoms with Crippen molar-refractivity contribution < 1.29 is 33.7 Å². The molecular weight excluding hydrogens is 452 g/mol. The molecule has 3 heterocycles. The SMILES string of the molecule is [2H]C([2H])([2H])C([2H])(C)C1(C([2H])(C([2H])([2H])[2H])C([2H])([2H])[2H])c2ccccc2-c2cc3c(nc21)oc1c(-c2cc(C([2H])(C([2H])([2H])[2H])C([2H])([2H])[2H])cc[n+]2C)c(C)ccc13. The first-order valence-electron chi connectivity index (χ1n) is 20.8. The van der Waals surface area contributed by atoms with Crippen LogP contribution >= 0.6 is 0 Å². The van der Waals surface area contributed by atoms with Crippen LogP contribution in [0.4, 0.5) is 0 Å². The molecule has 0 spiro atoms. The summed E-state index contributed by atoms with van der Waals surface area (Å²) in [5, 5.41) is 0.737. The van der Waals surface area contributed by atoms with Crippen LogP contribution in [0.3, 0.4) is 0 Å². The highest BCUT2D eigenvalue weighted by atomic mass is 16.3. The van der Waals surface area contributed by atoms with Gasteiger partial charge in [-0.25, -0.2) is 9.55 Å². The molecule has 0 aliphatic heterocycles. The van der Waals surface area contributed by atoms with Gasteiger partial charge in [-0.2, -0.15) is 0 Å². The number of nitrogens with zero attached hydrogens (tertiary/aromatic N) is 2. The van der Waals surface area contributed by atoms with Crippen LogP contribution in [0.2, 0.25) is 0 Å². The minimum absolute atomic E-state index is 0.0997. The van der Waals surface area contributed by atoms with Gasteiger partial charge in [0.15, 0.2) is 11.8 Å². The molecule has 3 nitrogen and oxygen atoms in total. The molecule has 6 rings (SSSR count). The molecule has 0 fully saturated rings. The Morgan fingerprint density at radius 1 is 0.946 bits per heavy atom. The molecule has 0 bridgehead atoms. The number of fused-ring (bicyclic) bond motifs is 6. The maximum atomic E-state index is 9.57. The Kier molecular flexibility index (Phi) is 2.48. The van der Waals surface area contributed by atoms with Crippen LogP contribution in [0, 0.1) is 18.7 Å². The summed E-state index contributed by atoms with van der Waals surface area (Å²) < 4.78 is 161. The van der Waals surface area contributed by atoms with Crippen LogP contribution in [0.1, 0.15) is 94.1 Å². The van der Waals surface area contributed by atoms with Gasteiger partial charge >= 0.3 is 0 Å². The average Bonchev–Trinajstić information content (AvgIpc) is 3.54. The van der Waals surface area contributed by atoms with Crippen molar-refractivity contribution in [3.05, 3.63) is 83.2 Å². The van der Waals surface area contributed by atoms with Crippen molar-refractivity contribution in [3.63, 3.8) is 0 Å². The quantitative estimate of drug-likeness (QED) is 0.228. The summed E-state index contributed by atoms with van der Waals surface area (Å²) in [5.41, 5.74) is -2.49. The van der Waals surface area contributed by atoms with Crippen molar-refractivity contribution in [1.82, 2.24) is 4.98 Å². The number of benzene rings is 2. The van der Waals surface area contributed by atoms with E-state index in [1.807, 2.05) is 0 Å². The predicted molar refractivity (Wildman–Crippen MR) is 153 cm³/mol. The van der Waals surface area contributed by atoms with Crippen molar-refractivity contribution in [2.45, 2.75) is 59.4 Å². The van der Waals surface area contributed by atoms with Crippen molar-refractivity contribution >= 4 is 22.1 Å². The molecule has 3 aromatic heterocycles. The highest BCUT2D eigenvalue weighted by molar-refractivity contribution is 6.10. The molecule has 0 N–H and O–H groups in total. The van der Waals surface area contributed by atoms with Gasteiger partial charge in [-0.15, -0.1) is 0 Å². The van der Waals surface area contributed by atoms with Crippen molar-refractivity contribution in [2.75, 3.05) is 0 Å². The van der Waals surface area contributed by atoms with Gasteiger partial charge in [0, 0.05) is 58.6 Å². The van der Waals surface area contributed by atoms with E-state index in [1.165, 1.54) is 42.6 Å². The van der Waals surface area contributed by atoms with Crippen LogP contribution in [-0.2, 0) is 12.5 Å². The molecule has 37 heavy (non-hydrogen) atoms. The van der Waals surface area contributed by atoms with Gasteiger partial charge in [0.1, 0.15) is 7.05 Å². The third-order valence-corrected chi connectivity index (χ3v) is 7.45. The van der Waals surface area contributed by atoms with Crippen LogP contribution in [0.15, 0.2) is 65.2 Å². The summed E-state index contributed by atoms with van der Waals surface area (Å²) in [6.07, 6.45) is 1.42. The minimum Gasteiger partial charge on any atom is -0.437 e. The zero-order valence-corrected chi connectivity index (χ0v) is 20.6. The van der Waals surface area contributed by atoms with E-state index in [4.69, 9.17) is 31.3 Å². The second kappa shape index (κ2) is 8.28. The Morgan fingerprint density at radius 3 is 2.54 bits per heavy atom. The first-order valence-corrected chi connectivity index (χ1v) is 11.8. The number of furan rings is 1. The highest BCUT2D eigenvalue weighted by Crippen LogP contribution is 2.56. The van der Waals surface area contributed by atoms with Gasteiger partial charge in [0.2, 0.25) is 11.4 Å². The Morgan fingerprint density at radius 2 is 1.76 bits per heavy atom. The third-order valence-electron chi connectivity index (χ3n) is 7.45. The van der Waals surface area contributed by atoms with E-state index in [9.17, 15) is 2.74 Å². The summed E-state index contributed by atoms with van der Waals surface area (Å²) in [6, 6.07) is 13.4. The fourth-order valence-electron chi connectivity index (χ4n) is 5.64. The summed E-state index contributed by atoms with van der Waals surface area (Å²) in [6.45, 7) is -14.7. The van der Waals surface area contributed by atoms with Crippen molar-refractivity contribution in [1.29, 1.82) is 0 Å². The van der Waals surface area contributed by atoms with Crippen LogP contribution in [-0.4, -0.2) is 4.98 Å². The normalized spacial score (nSPS) is 28.0. The maximum absolute atomic E-state index is 9.57. The predicted octanol–water partition coefficient (Wildman–Crippen LogP) is 8.48. The smallest absolute Gasteiger partial charge is 0.227 e. The standard InChI is InChI=1S/C34H37N2O/c1-19(2)23-15-16-36(8)29(17-23)30-22(7)13-14-25-27-18-26-24-11-9-10-12-28(24)34(20(3)4,21(5)6)32(26)35-33(27)37-31(25)30/h9-21H,1-8H3/q+1/i1D3,2D3,3D3,4D3,5D3,19D,20D,21D. The lowest BCUT2D eigenvalue weighted by molar-refractivity contribution is -0.660. The first kappa shape index (κ1) is 11.1. The lowest BCUT2D eigenvalue weighted by atomic mass is 9.64. The van der Waals surface area contributed by atoms with E-state index in [-0.39, 0.29) is 39.2 Å². The number of aromatic nitrogens is 2. The topological polar surface area (TPSA) is 29.9 Å². The van der Waals surface area contributed by atoms with Crippen molar-refractivity contribution in [3.8, 4) is 22.4 Å². The van der Waals surface area contributed by atoms with E-state index in [1.54, 1.807) is 36.7 Å². The molecule has 3 heteroatoms. The average molecular weight is 508 g/mol. The molecule has 1 aliphatic rings.